The molecule has 2 aliphatic rings. The summed E-state index contributed by atoms with van der Waals surface area (Å²) in [6.45, 7) is 4.05. The van der Waals surface area contributed by atoms with E-state index in [0.29, 0.717) is 32.1 Å². The van der Waals surface area contributed by atoms with Crippen molar-refractivity contribution in [2.24, 2.45) is 0 Å². The molecule has 0 aliphatic carbocycles. The Morgan fingerprint density at radius 1 is 1.00 bits per heavy atom. The van der Waals surface area contributed by atoms with Crippen LogP contribution < -0.4 is 4.90 Å². The van der Waals surface area contributed by atoms with Gasteiger partial charge in [-0.15, -0.1) is 11.3 Å². The number of carbonyl (C=O) groups excluding carboxylic acids is 2. The van der Waals surface area contributed by atoms with Crippen LogP contribution in [-0.4, -0.2) is 76.1 Å². The lowest BCUT2D eigenvalue weighted by atomic mass is 10.1. The maximum absolute atomic E-state index is 12.9. The van der Waals surface area contributed by atoms with Crippen molar-refractivity contribution in [2.75, 3.05) is 44.3 Å². The minimum Gasteiger partial charge on any atom is -0.378 e. The molecule has 1 fully saturated rings. The first kappa shape index (κ1) is 28.1. The van der Waals surface area contributed by atoms with Gasteiger partial charge in [-0.05, 0) is 35.8 Å². The minimum absolute atomic E-state index is 0.0108. The van der Waals surface area contributed by atoms with Crippen LogP contribution in [0.1, 0.15) is 29.7 Å². The Balaban J connectivity index is 1.09. The molecule has 0 spiro atoms. The number of rotatable bonds is 8. The van der Waals surface area contributed by atoms with Gasteiger partial charge in [-0.1, -0.05) is 54.6 Å². The molecule has 9 nitrogen and oxygen atoms in total. The number of nitrogens with zero attached hydrogens (tertiary/aromatic N) is 5. The molecular formula is C34H32N6O3S. The van der Waals surface area contributed by atoms with Crippen LogP contribution in [0.5, 0.6) is 0 Å². The molecule has 0 atom stereocenters. The van der Waals surface area contributed by atoms with Gasteiger partial charge in [0.1, 0.15) is 0 Å². The molecule has 1 N–H and O–H groups in total. The number of nitrogens with one attached hydrogen (secondary N) is 1. The van der Waals surface area contributed by atoms with Crippen molar-refractivity contribution in [1.29, 1.82) is 0 Å². The van der Waals surface area contributed by atoms with Crippen molar-refractivity contribution < 1.29 is 14.3 Å². The quantitative estimate of drug-likeness (QED) is 0.225. The van der Waals surface area contributed by atoms with Crippen LogP contribution in [0, 0.1) is 0 Å². The Morgan fingerprint density at radius 2 is 1.86 bits per heavy atom. The zero-order valence-electron chi connectivity index (χ0n) is 24.2. The number of hydrogen-bond acceptors (Lipinski definition) is 8. The SMILES string of the molecule is O=C(C=Cc1ccccc1)CCC(=O)N1CC=C(c2cc3nc(-c4cccc5[nH]ncc45)nc(N4CCOCC4)c3s2)CC1. The van der Waals surface area contributed by atoms with E-state index in [-0.39, 0.29) is 24.5 Å². The fraction of sp³-hybridized carbons (Fsp3) is 0.265. The number of ether oxygens (including phenoxy) is 1. The molecule has 1 saturated heterocycles. The number of fused-ring (bicyclic) bond motifs is 2. The van der Waals surface area contributed by atoms with Crippen molar-refractivity contribution in [2.45, 2.75) is 19.3 Å². The Hall–Kier alpha value is -4.67. The highest BCUT2D eigenvalue weighted by Gasteiger charge is 2.24. The largest absolute Gasteiger partial charge is 0.378 e. The molecule has 10 heteroatoms. The average Bonchev–Trinajstić information content (AvgIpc) is 3.74. The van der Waals surface area contributed by atoms with Crippen LogP contribution in [0.3, 0.4) is 0 Å². The van der Waals surface area contributed by atoms with Gasteiger partial charge in [-0.2, -0.15) is 5.10 Å². The lowest BCUT2D eigenvalue weighted by Crippen LogP contribution is -2.36. The molecule has 0 unspecified atom stereocenters. The summed E-state index contributed by atoms with van der Waals surface area (Å²) in [6.07, 6.45) is 8.50. The highest BCUT2D eigenvalue weighted by molar-refractivity contribution is 7.20. The molecule has 2 aromatic carbocycles. The summed E-state index contributed by atoms with van der Waals surface area (Å²) in [6, 6.07) is 17.9. The Morgan fingerprint density at radius 3 is 2.68 bits per heavy atom. The van der Waals surface area contributed by atoms with E-state index in [2.05, 4.69) is 27.2 Å². The van der Waals surface area contributed by atoms with E-state index < -0.39 is 0 Å². The average molecular weight is 605 g/mol. The topological polar surface area (TPSA) is 104 Å². The molecule has 0 saturated carbocycles. The maximum Gasteiger partial charge on any atom is 0.223 e. The number of benzene rings is 2. The lowest BCUT2D eigenvalue weighted by Gasteiger charge is -2.28. The number of H-pyrrole nitrogens is 1. The number of thiophene rings is 1. The second-order valence-electron chi connectivity index (χ2n) is 11.0. The highest BCUT2D eigenvalue weighted by atomic mass is 32.1. The van der Waals surface area contributed by atoms with Crippen molar-refractivity contribution in [3.05, 3.63) is 83.4 Å². The van der Waals surface area contributed by atoms with E-state index in [4.69, 9.17) is 14.7 Å². The first-order chi connectivity index (χ1) is 21.6. The van der Waals surface area contributed by atoms with Crippen LogP contribution in [0.2, 0.25) is 0 Å². The number of anilines is 1. The number of allylic oxidation sites excluding steroid dienone is 1. The predicted octanol–water partition coefficient (Wildman–Crippen LogP) is 5.75. The molecule has 0 bridgehead atoms. The highest BCUT2D eigenvalue weighted by Crippen LogP contribution is 2.39. The molecule has 3 aromatic heterocycles. The maximum atomic E-state index is 12.9. The third-order valence-electron chi connectivity index (χ3n) is 8.11. The molecule has 44 heavy (non-hydrogen) atoms. The van der Waals surface area contributed by atoms with Crippen molar-refractivity contribution >= 4 is 61.6 Å². The van der Waals surface area contributed by atoms with Crippen LogP contribution >= 0.6 is 11.3 Å². The van der Waals surface area contributed by atoms with E-state index in [1.807, 2.05) is 59.6 Å². The lowest BCUT2D eigenvalue weighted by molar-refractivity contribution is -0.132. The van der Waals surface area contributed by atoms with E-state index in [9.17, 15) is 9.59 Å². The predicted molar refractivity (Wildman–Crippen MR) is 174 cm³/mol. The zero-order chi connectivity index (χ0) is 29.9. The van der Waals surface area contributed by atoms with E-state index in [1.165, 1.54) is 5.57 Å². The Kier molecular flexibility index (Phi) is 8.00. The van der Waals surface area contributed by atoms with Crippen molar-refractivity contribution in [1.82, 2.24) is 25.1 Å². The molecule has 2 aliphatic heterocycles. The van der Waals surface area contributed by atoms with Gasteiger partial charge in [0, 0.05) is 54.8 Å². The minimum atomic E-state index is -0.0405. The monoisotopic (exact) mass is 604 g/mol. The fourth-order valence-corrected chi connectivity index (χ4v) is 6.87. The van der Waals surface area contributed by atoms with Crippen LogP contribution in [0.25, 0.3) is 44.2 Å². The summed E-state index contributed by atoms with van der Waals surface area (Å²) in [7, 11) is 0. The number of amides is 1. The normalized spacial score (nSPS) is 15.8. The molecular weight excluding hydrogens is 572 g/mol. The Bertz CT molecular complexity index is 1890. The summed E-state index contributed by atoms with van der Waals surface area (Å²) in [4.78, 5) is 40.7. The summed E-state index contributed by atoms with van der Waals surface area (Å²) in [5.74, 6) is 1.58. The third-order valence-corrected chi connectivity index (χ3v) is 9.31. The molecule has 7 rings (SSSR count). The third kappa shape index (κ3) is 5.91. The van der Waals surface area contributed by atoms with Gasteiger partial charge in [0.15, 0.2) is 17.4 Å². The Labute approximate surface area is 258 Å². The fourth-order valence-electron chi connectivity index (χ4n) is 5.69. The van der Waals surface area contributed by atoms with Gasteiger partial charge in [0.05, 0.1) is 35.1 Å². The van der Waals surface area contributed by atoms with Crippen molar-refractivity contribution in [3.63, 3.8) is 0 Å². The first-order valence-electron chi connectivity index (χ1n) is 14.9. The standard InChI is InChI=1S/C34H32N6O3S/c41-25(10-9-23-5-2-1-3-6-23)11-12-31(42)39-15-13-24(14-16-39)30-21-29-32(44-30)34(40-17-19-43-20-18-40)37-33(36-29)26-7-4-8-28-27(26)22-35-38-28/h1-10,13,21-22H,11-12,14-20H2,(H,35,38). The molecule has 5 aromatic rings. The number of carbonyl (C=O) groups is 2. The molecule has 222 valence electrons. The number of morpholine rings is 1. The number of hydrogen-bond donors (Lipinski definition) is 1. The van der Waals surface area contributed by atoms with Gasteiger partial charge in [0.2, 0.25) is 5.91 Å². The van der Waals surface area contributed by atoms with Crippen molar-refractivity contribution in [3.8, 4) is 11.4 Å². The second-order valence-corrected chi connectivity index (χ2v) is 12.0. The van der Waals surface area contributed by atoms with Gasteiger partial charge < -0.3 is 14.5 Å². The van der Waals surface area contributed by atoms with Crippen LogP contribution in [-0.2, 0) is 14.3 Å². The van der Waals surface area contributed by atoms with Crippen LogP contribution in [0.4, 0.5) is 5.82 Å². The summed E-state index contributed by atoms with van der Waals surface area (Å²) in [5, 5.41) is 8.26. The molecule has 0 radical (unpaired) electrons. The number of ketones is 1. The summed E-state index contributed by atoms with van der Waals surface area (Å²) in [5.41, 5.74) is 4.99. The summed E-state index contributed by atoms with van der Waals surface area (Å²) >= 11 is 1.71. The molecule has 5 heterocycles. The number of aromatic amines is 1. The van der Waals surface area contributed by atoms with E-state index in [1.54, 1.807) is 23.5 Å². The van der Waals surface area contributed by atoms with Gasteiger partial charge in [-0.25, -0.2) is 9.97 Å². The number of aromatic nitrogens is 4. The second kappa shape index (κ2) is 12.5. The van der Waals surface area contributed by atoms with E-state index >= 15 is 0 Å². The van der Waals surface area contributed by atoms with Gasteiger partial charge in [0.25, 0.3) is 0 Å². The van der Waals surface area contributed by atoms with Gasteiger partial charge >= 0.3 is 0 Å². The van der Waals surface area contributed by atoms with Gasteiger partial charge in [-0.3, -0.25) is 14.7 Å². The molecule has 1 amide bonds. The first-order valence-corrected chi connectivity index (χ1v) is 15.7. The zero-order valence-corrected chi connectivity index (χ0v) is 25.1. The summed E-state index contributed by atoms with van der Waals surface area (Å²) < 4.78 is 6.69. The smallest absolute Gasteiger partial charge is 0.223 e. The van der Waals surface area contributed by atoms with Crippen LogP contribution in [0.15, 0.2) is 72.9 Å². The van der Waals surface area contributed by atoms with E-state index in [0.717, 1.165) is 62.5 Å².